The first-order valence-electron chi connectivity index (χ1n) is 9.64. The second kappa shape index (κ2) is 11.4. The van der Waals surface area contributed by atoms with E-state index in [1.54, 1.807) is 11.3 Å². The number of guanidine groups is 1. The van der Waals surface area contributed by atoms with Crippen molar-refractivity contribution in [3.05, 3.63) is 28.2 Å². The van der Waals surface area contributed by atoms with Crippen LogP contribution in [0.5, 0.6) is 0 Å². The highest BCUT2D eigenvalue weighted by Crippen LogP contribution is 2.24. The van der Waals surface area contributed by atoms with Crippen molar-refractivity contribution >= 4 is 41.3 Å². The van der Waals surface area contributed by atoms with E-state index >= 15 is 0 Å². The third-order valence-corrected chi connectivity index (χ3v) is 5.29. The third kappa shape index (κ3) is 8.48. The van der Waals surface area contributed by atoms with E-state index in [4.69, 9.17) is 9.98 Å². The summed E-state index contributed by atoms with van der Waals surface area (Å²) in [6.07, 6.45) is 2.28. The smallest absolute Gasteiger partial charge is 0.191 e. The van der Waals surface area contributed by atoms with Crippen LogP contribution in [-0.2, 0) is 12.0 Å². The van der Waals surface area contributed by atoms with Crippen molar-refractivity contribution < 1.29 is 0 Å². The molecule has 2 heterocycles. The molecule has 0 amide bonds. The lowest BCUT2D eigenvalue weighted by Crippen LogP contribution is -2.48. The van der Waals surface area contributed by atoms with Gasteiger partial charge in [0.15, 0.2) is 5.96 Å². The number of hydrogen-bond donors (Lipinski definition) is 2. The van der Waals surface area contributed by atoms with Gasteiger partial charge in [0.1, 0.15) is 5.01 Å². The fraction of sp³-hybridized carbons (Fsp3) is 0.700. The second-order valence-corrected chi connectivity index (χ2v) is 9.17. The molecular formula is C20H36IN5S. The molecule has 0 spiro atoms. The number of nitrogens with zero attached hydrogens (tertiary/aromatic N) is 3. The molecule has 7 heteroatoms. The quantitative estimate of drug-likeness (QED) is 0.264. The highest BCUT2D eigenvalue weighted by molar-refractivity contribution is 14.0. The zero-order chi connectivity index (χ0) is 19.2. The number of aromatic nitrogens is 1. The van der Waals surface area contributed by atoms with E-state index in [0.717, 1.165) is 55.7 Å². The van der Waals surface area contributed by atoms with E-state index in [1.807, 2.05) is 0 Å². The lowest BCUT2D eigenvalue weighted by atomic mass is 9.93. The summed E-state index contributed by atoms with van der Waals surface area (Å²) in [6.45, 7) is 19.6. The number of hydrogen-bond acceptors (Lipinski definition) is 4. The zero-order valence-corrected chi connectivity index (χ0v) is 20.6. The fourth-order valence-electron chi connectivity index (χ4n) is 3.01. The van der Waals surface area contributed by atoms with E-state index in [1.165, 1.54) is 5.57 Å². The molecule has 2 N–H and O–H groups in total. The number of thiazole rings is 1. The summed E-state index contributed by atoms with van der Waals surface area (Å²) >= 11 is 1.70. The largest absolute Gasteiger partial charge is 0.357 e. The Bertz CT molecular complexity index is 612. The molecular weight excluding hydrogens is 469 g/mol. The van der Waals surface area contributed by atoms with Crippen molar-refractivity contribution in [3.63, 3.8) is 0 Å². The van der Waals surface area contributed by atoms with Crippen LogP contribution in [0.4, 0.5) is 0 Å². The molecule has 0 radical (unpaired) electrons. The first kappa shape index (κ1) is 24.4. The third-order valence-electron chi connectivity index (χ3n) is 4.46. The van der Waals surface area contributed by atoms with Gasteiger partial charge in [-0.15, -0.1) is 35.3 Å². The van der Waals surface area contributed by atoms with Gasteiger partial charge in [-0.25, -0.2) is 9.98 Å². The molecule has 5 nitrogen and oxygen atoms in total. The first-order valence-corrected chi connectivity index (χ1v) is 10.5. The van der Waals surface area contributed by atoms with Crippen LogP contribution in [0.2, 0.25) is 0 Å². The van der Waals surface area contributed by atoms with E-state index in [0.29, 0.717) is 12.6 Å². The van der Waals surface area contributed by atoms with Gasteiger partial charge in [0.05, 0.1) is 12.2 Å². The molecule has 1 aromatic rings. The van der Waals surface area contributed by atoms with Crippen molar-refractivity contribution in [1.29, 1.82) is 0 Å². The van der Waals surface area contributed by atoms with Gasteiger partial charge in [0.2, 0.25) is 0 Å². The molecule has 1 aliphatic rings. The predicted molar refractivity (Wildman–Crippen MR) is 128 cm³/mol. The van der Waals surface area contributed by atoms with Gasteiger partial charge in [-0.05, 0) is 26.7 Å². The van der Waals surface area contributed by atoms with Crippen LogP contribution in [0.3, 0.4) is 0 Å². The Morgan fingerprint density at radius 2 is 2.04 bits per heavy atom. The summed E-state index contributed by atoms with van der Waals surface area (Å²) in [7, 11) is 0. The molecule has 0 aromatic carbocycles. The Balaban J connectivity index is 0.00000364. The lowest BCUT2D eigenvalue weighted by molar-refractivity contribution is 0.221. The standard InChI is InChI=1S/C20H35N5S.HI/c1-7-21-19(22-12-18-24-17(14-26-18)20(4,5)6)23-16-8-10-25(11-9-16)13-15(2)3;/h14,16H,2,7-13H2,1,3-6H3,(H2,21,22,23);1H. The van der Waals surface area contributed by atoms with Gasteiger partial charge < -0.3 is 10.6 Å². The Labute approximate surface area is 186 Å². The van der Waals surface area contributed by atoms with E-state index in [9.17, 15) is 0 Å². The van der Waals surface area contributed by atoms with Crippen LogP contribution in [-0.4, -0.2) is 48.1 Å². The maximum Gasteiger partial charge on any atom is 0.191 e. The Kier molecular flexibility index (Phi) is 10.3. The normalized spacial score (nSPS) is 16.7. The predicted octanol–water partition coefficient (Wildman–Crippen LogP) is 4.15. The average molecular weight is 506 g/mol. The molecule has 0 atom stereocenters. The average Bonchev–Trinajstić information content (AvgIpc) is 3.03. The van der Waals surface area contributed by atoms with Crippen LogP contribution >= 0.6 is 35.3 Å². The van der Waals surface area contributed by atoms with Crippen molar-refractivity contribution in [2.75, 3.05) is 26.2 Å². The van der Waals surface area contributed by atoms with Crippen molar-refractivity contribution in [2.45, 2.75) is 65.5 Å². The number of likely N-dealkylation sites (tertiary alicyclic amines) is 1. The molecule has 0 unspecified atom stereocenters. The van der Waals surface area contributed by atoms with Gasteiger partial charge in [-0.1, -0.05) is 32.9 Å². The maximum atomic E-state index is 4.76. The molecule has 27 heavy (non-hydrogen) atoms. The minimum absolute atomic E-state index is 0. The molecule has 0 aliphatic carbocycles. The lowest BCUT2D eigenvalue weighted by Gasteiger charge is -2.33. The summed E-state index contributed by atoms with van der Waals surface area (Å²) < 4.78 is 0. The minimum Gasteiger partial charge on any atom is -0.357 e. The van der Waals surface area contributed by atoms with Crippen LogP contribution in [0.1, 0.15) is 58.2 Å². The molecule has 154 valence electrons. The maximum absolute atomic E-state index is 4.76. The van der Waals surface area contributed by atoms with E-state index in [2.05, 4.69) is 62.1 Å². The van der Waals surface area contributed by atoms with Gasteiger partial charge in [0.25, 0.3) is 0 Å². The summed E-state index contributed by atoms with van der Waals surface area (Å²) in [5, 5.41) is 10.2. The zero-order valence-electron chi connectivity index (χ0n) is 17.5. The van der Waals surface area contributed by atoms with E-state index in [-0.39, 0.29) is 29.4 Å². The molecule has 1 fully saturated rings. The summed E-state index contributed by atoms with van der Waals surface area (Å²) in [5.74, 6) is 0.901. The van der Waals surface area contributed by atoms with Crippen LogP contribution < -0.4 is 10.6 Å². The Morgan fingerprint density at radius 1 is 1.37 bits per heavy atom. The molecule has 1 aromatic heterocycles. The summed E-state index contributed by atoms with van der Waals surface area (Å²) in [4.78, 5) is 12.0. The highest BCUT2D eigenvalue weighted by atomic mass is 127. The monoisotopic (exact) mass is 505 g/mol. The molecule has 0 saturated carbocycles. The topological polar surface area (TPSA) is 52.5 Å². The molecule has 2 rings (SSSR count). The van der Waals surface area contributed by atoms with Crippen molar-refractivity contribution in [2.24, 2.45) is 4.99 Å². The van der Waals surface area contributed by atoms with Gasteiger partial charge in [0, 0.05) is 43.0 Å². The van der Waals surface area contributed by atoms with Gasteiger partial charge >= 0.3 is 0 Å². The van der Waals surface area contributed by atoms with Crippen LogP contribution in [0.25, 0.3) is 0 Å². The number of halogens is 1. The number of aliphatic imine (C=N–C) groups is 1. The van der Waals surface area contributed by atoms with Crippen LogP contribution in [0, 0.1) is 0 Å². The molecule has 1 aliphatic heterocycles. The molecule has 1 saturated heterocycles. The summed E-state index contributed by atoms with van der Waals surface area (Å²) in [5.41, 5.74) is 2.49. The molecule has 0 bridgehead atoms. The summed E-state index contributed by atoms with van der Waals surface area (Å²) in [6, 6.07) is 0.482. The van der Waals surface area contributed by atoms with Crippen LogP contribution in [0.15, 0.2) is 22.5 Å². The van der Waals surface area contributed by atoms with Crippen molar-refractivity contribution in [1.82, 2.24) is 20.5 Å². The van der Waals surface area contributed by atoms with E-state index < -0.39 is 0 Å². The van der Waals surface area contributed by atoms with Crippen molar-refractivity contribution in [3.8, 4) is 0 Å². The van der Waals surface area contributed by atoms with Gasteiger partial charge in [-0.3, -0.25) is 4.90 Å². The van der Waals surface area contributed by atoms with Gasteiger partial charge in [-0.2, -0.15) is 0 Å². The highest BCUT2D eigenvalue weighted by Gasteiger charge is 2.20. The number of nitrogens with one attached hydrogen (secondary N) is 2. The SMILES string of the molecule is C=C(C)CN1CCC(NC(=NCc2nc(C(C)(C)C)cs2)NCC)CC1.I. The fourth-order valence-corrected chi connectivity index (χ4v) is 3.95. The second-order valence-electron chi connectivity index (χ2n) is 8.22. The minimum atomic E-state index is 0. The number of rotatable bonds is 6. The Hall–Kier alpha value is -0.670. The first-order chi connectivity index (χ1) is 12.3. The number of piperidine rings is 1. The Morgan fingerprint density at radius 3 is 2.56 bits per heavy atom.